The Morgan fingerprint density at radius 3 is 2.67 bits per heavy atom. The van der Waals surface area contributed by atoms with E-state index < -0.39 is 0 Å². The number of aryl methyl sites for hydroxylation is 1. The van der Waals surface area contributed by atoms with Gasteiger partial charge in [0.1, 0.15) is 0 Å². The number of thiophene rings is 1. The van der Waals surface area contributed by atoms with Gasteiger partial charge in [-0.25, -0.2) is 0 Å². The predicted octanol–water partition coefficient (Wildman–Crippen LogP) is 4.40. The molecule has 1 heterocycles. The van der Waals surface area contributed by atoms with Crippen LogP contribution in [0, 0.1) is 12.8 Å². The minimum absolute atomic E-state index is 0.209. The van der Waals surface area contributed by atoms with Gasteiger partial charge in [-0.05, 0) is 37.3 Å². The Hall–Kier alpha value is 0.280. The number of hydrogen-bond donors (Lipinski definition) is 0. The first kappa shape index (κ1) is 8.86. The molecule has 0 radical (unpaired) electrons. The van der Waals surface area contributed by atoms with E-state index in [0.29, 0.717) is 5.92 Å². The average Bonchev–Trinajstić information content (AvgIpc) is 2.80. The van der Waals surface area contributed by atoms with E-state index in [1.54, 1.807) is 11.3 Å². The Morgan fingerprint density at radius 2 is 2.25 bits per heavy atom. The van der Waals surface area contributed by atoms with Crippen LogP contribution in [-0.2, 0) is 0 Å². The van der Waals surface area contributed by atoms with Crippen molar-refractivity contribution in [3.8, 4) is 0 Å². The summed E-state index contributed by atoms with van der Waals surface area (Å²) in [4.78, 5) is 1.24. The summed E-state index contributed by atoms with van der Waals surface area (Å²) < 4.78 is 0.885. The molecule has 2 rings (SSSR count). The fraction of sp³-hybridized carbons (Fsp3) is 0.556. The number of alkyl halides is 1. The molecule has 1 aliphatic rings. The van der Waals surface area contributed by atoms with Gasteiger partial charge in [0.05, 0.1) is 9.71 Å². The average molecular weight is 221 g/mol. The van der Waals surface area contributed by atoms with Gasteiger partial charge in [-0.2, -0.15) is 0 Å². The third-order valence-electron chi connectivity index (χ3n) is 2.18. The third kappa shape index (κ3) is 1.63. The van der Waals surface area contributed by atoms with Crippen LogP contribution in [0.15, 0.2) is 6.07 Å². The van der Waals surface area contributed by atoms with Crippen LogP contribution < -0.4 is 0 Å². The quantitative estimate of drug-likeness (QED) is 0.649. The van der Waals surface area contributed by atoms with Crippen molar-refractivity contribution in [3.63, 3.8) is 0 Å². The minimum Gasteiger partial charge on any atom is -0.127 e. The highest BCUT2D eigenvalue weighted by Gasteiger charge is 2.31. The first-order chi connectivity index (χ1) is 5.68. The van der Waals surface area contributed by atoms with E-state index in [1.807, 2.05) is 6.92 Å². The van der Waals surface area contributed by atoms with Crippen LogP contribution in [0.25, 0.3) is 0 Å². The summed E-state index contributed by atoms with van der Waals surface area (Å²) in [5.41, 5.74) is 1.16. The number of halogens is 2. The topological polar surface area (TPSA) is 0 Å². The van der Waals surface area contributed by atoms with E-state index in [9.17, 15) is 0 Å². The highest BCUT2D eigenvalue weighted by Crippen LogP contribution is 2.48. The lowest BCUT2D eigenvalue weighted by Crippen LogP contribution is -1.87. The Kier molecular flexibility index (Phi) is 2.37. The van der Waals surface area contributed by atoms with Gasteiger partial charge in [-0.1, -0.05) is 11.6 Å². The van der Waals surface area contributed by atoms with Crippen molar-refractivity contribution >= 4 is 34.5 Å². The molecule has 1 fully saturated rings. The maximum absolute atomic E-state index is 6.24. The van der Waals surface area contributed by atoms with Gasteiger partial charge in [-0.15, -0.1) is 22.9 Å². The molecule has 0 N–H and O–H groups in total. The van der Waals surface area contributed by atoms with Crippen molar-refractivity contribution in [3.05, 3.63) is 20.8 Å². The largest absolute Gasteiger partial charge is 0.127 e. The molecule has 1 aromatic heterocycles. The van der Waals surface area contributed by atoms with Crippen LogP contribution in [0.2, 0.25) is 4.34 Å². The maximum Gasteiger partial charge on any atom is 0.0960 e. The molecule has 3 heteroatoms. The summed E-state index contributed by atoms with van der Waals surface area (Å²) in [6.45, 7) is 2.03. The highest BCUT2D eigenvalue weighted by molar-refractivity contribution is 7.16. The van der Waals surface area contributed by atoms with Gasteiger partial charge in [0.15, 0.2) is 0 Å². The second-order valence-electron chi connectivity index (χ2n) is 3.34. The SMILES string of the molecule is Cc1cc(C(Cl)C2CC2)sc1Cl. The molecule has 1 saturated carbocycles. The van der Waals surface area contributed by atoms with E-state index in [1.165, 1.54) is 17.7 Å². The van der Waals surface area contributed by atoms with Crippen LogP contribution in [0.1, 0.15) is 28.7 Å². The summed E-state index contributed by atoms with van der Waals surface area (Å²) in [6.07, 6.45) is 2.56. The van der Waals surface area contributed by atoms with Crippen LogP contribution in [0.5, 0.6) is 0 Å². The molecule has 0 bridgehead atoms. The van der Waals surface area contributed by atoms with Crippen molar-refractivity contribution in [2.24, 2.45) is 5.92 Å². The predicted molar refractivity (Wildman–Crippen MR) is 55.4 cm³/mol. The van der Waals surface area contributed by atoms with Crippen LogP contribution >= 0.6 is 34.5 Å². The van der Waals surface area contributed by atoms with Crippen LogP contribution in [0.3, 0.4) is 0 Å². The third-order valence-corrected chi connectivity index (χ3v) is 4.54. The fourth-order valence-electron chi connectivity index (χ4n) is 1.24. The van der Waals surface area contributed by atoms with E-state index in [2.05, 4.69) is 6.07 Å². The lowest BCUT2D eigenvalue weighted by Gasteiger charge is -2.02. The monoisotopic (exact) mass is 220 g/mol. The summed E-state index contributed by atoms with van der Waals surface area (Å²) in [6, 6.07) is 2.11. The van der Waals surface area contributed by atoms with Crippen molar-refractivity contribution in [1.82, 2.24) is 0 Å². The lowest BCUT2D eigenvalue weighted by molar-refractivity contribution is 0.811. The molecular weight excluding hydrogens is 211 g/mol. The second-order valence-corrected chi connectivity index (χ2v) is 5.50. The summed E-state index contributed by atoms with van der Waals surface area (Å²) in [5.74, 6) is 0.709. The van der Waals surface area contributed by atoms with Crippen LogP contribution in [0.4, 0.5) is 0 Å². The lowest BCUT2D eigenvalue weighted by atomic mass is 10.2. The summed E-state index contributed by atoms with van der Waals surface area (Å²) in [5, 5.41) is 0.209. The van der Waals surface area contributed by atoms with Crippen LogP contribution in [-0.4, -0.2) is 0 Å². The first-order valence-corrected chi connectivity index (χ1v) is 5.71. The molecule has 1 aliphatic carbocycles. The number of rotatable bonds is 2. The molecule has 66 valence electrons. The van der Waals surface area contributed by atoms with Crippen molar-refractivity contribution in [2.45, 2.75) is 25.1 Å². The Morgan fingerprint density at radius 1 is 1.58 bits per heavy atom. The molecule has 0 amide bonds. The fourth-order valence-corrected chi connectivity index (χ4v) is 2.98. The zero-order valence-electron chi connectivity index (χ0n) is 6.81. The molecule has 0 aliphatic heterocycles. The van der Waals surface area contributed by atoms with E-state index in [0.717, 1.165) is 9.90 Å². The molecule has 1 unspecified atom stereocenters. The van der Waals surface area contributed by atoms with Gasteiger partial charge in [-0.3, -0.25) is 0 Å². The van der Waals surface area contributed by atoms with Gasteiger partial charge >= 0.3 is 0 Å². The standard InChI is InChI=1S/C9H10Cl2S/c1-5-4-7(12-9(5)11)8(10)6-2-3-6/h4,6,8H,2-3H2,1H3. The Labute approximate surface area is 86.5 Å². The summed E-state index contributed by atoms with van der Waals surface area (Å²) >= 11 is 13.8. The Balaban J connectivity index is 2.21. The molecule has 0 spiro atoms. The highest BCUT2D eigenvalue weighted by atomic mass is 35.5. The zero-order chi connectivity index (χ0) is 8.72. The second kappa shape index (κ2) is 3.21. The molecule has 12 heavy (non-hydrogen) atoms. The van der Waals surface area contributed by atoms with Gasteiger partial charge in [0.2, 0.25) is 0 Å². The van der Waals surface area contributed by atoms with Gasteiger partial charge in [0.25, 0.3) is 0 Å². The van der Waals surface area contributed by atoms with E-state index in [-0.39, 0.29) is 5.38 Å². The maximum atomic E-state index is 6.24. The molecule has 0 nitrogen and oxygen atoms in total. The molecule has 1 aromatic rings. The molecule has 1 atom stereocenters. The molecule has 0 aromatic carbocycles. The van der Waals surface area contributed by atoms with E-state index in [4.69, 9.17) is 23.2 Å². The van der Waals surface area contributed by atoms with Crippen molar-refractivity contribution in [2.75, 3.05) is 0 Å². The van der Waals surface area contributed by atoms with Gasteiger partial charge < -0.3 is 0 Å². The Bertz CT molecular complexity index is 269. The normalized spacial score (nSPS) is 19.6. The van der Waals surface area contributed by atoms with Crippen molar-refractivity contribution in [1.29, 1.82) is 0 Å². The van der Waals surface area contributed by atoms with Crippen molar-refractivity contribution < 1.29 is 0 Å². The van der Waals surface area contributed by atoms with Gasteiger partial charge in [0, 0.05) is 4.88 Å². The summed E-state index contributed by atoms with van der Waals surface area (Å²) in [7, 11) is 0. The molecular formula is C9H10Cl2S. The first-order valence-electron chi connectivity index (χ1n) is 4.08. The smallest absolute Gasteiger partial charge is 0.0960 e. The zero-order valence-corrected chi connectivity index (χ0v) is 9.14. The van der Waals surface area contributed by atoms with E-state index >= 15 is 0 Å². The number of hydrogen-bond acceptors (Lipinski definition) is 1. The minimum atomic E-state index is 0.209. The molecule has 0 saturated heterocycles.